The molecule has 1 saturated carbocycles. The van der Waals surface area contributed by atoms with Crippen LogP contribution in [-0.2, 0) is 5.54 Å². The number of nitrogens with zero attached hydrogens (tertiary/aromatic N) is 2. The molecule has 3 rings (SSSR count). The number of hydrogen-bond acceptors (Lipinski definition) is 5. The van der Waals surface area contributed by atoms with Gasteiger partial charge in [-0.1, -0.05) is 16.8 Å². The summed E-state index contributed by atoms with van der Waals surface area (Å²) in [6, 6.07) is 3.80. The molecular weight excluding hydrogens is 305 g/mol. The number of thiophene rings is 1. The van der Waals surface area contributed by atoms with E-state index >= 15 is 0 Å². The van der Waals surface area contributed by atoms with Gasteiger partial charge in [0, 0.05) is 11.0 Å². The first-order valence-electron chi connectivity index (χ1n) is 5.72. The zero-order chi connectivity index (χ0) is 12.6. The van der Waals surface area contributed by atoms with Crippen molar-refractivity contribution < 1.29 is 4.52 Å². The van der Waals surface area contributed by atoms with Crippen LogP contribution in [0.25, 0.3) is 12.2 Å². The Morgan fingerprint density at radius 2 is 2.16 bits per heavy atom. The SMILES string of the molecule is Cl.NC1(c2noc(/C=C/c3ccc(Cl)s3)n2)CCC1. The van der Waals surface area contributed by atoms with E-state index in [0.717, 1.165) is 28.5 Å². The first-order valence-corrected chi connectivity index (χ1v) is 6.92. The molecule has 102 valence electrons. The lowest BCUT2D eigenvalue weighted by Crippen LogP contribution is -2.44. The van der Waals surface area contributed by atoms with Crippen LogP contribution in [0.2, 0.25) is 4.34 Å². The third-order valence-electron chi connectivity index (χ3n) is 3.12. The van der Waals surface area contributed by atoms with E-state index in [1.54, 1.807) is 6.08 Å². The van der Waals surface area contributed by atoms with Gasteiger partial charge in [-0.25, -0.2) is 0 Å². The first kappa shape index (κ1) is 14.5. The average Bonchev–Trinajstić information content (AvgIpc) is 2.92. The van der Waals surface area contributed by atoms with E-state index < -0.39 is 0 Å². The number of nitrogens with two attached hydrogens (primary N) is 1. The van der Waals surface area contributed by atoms with Gasteiger partial charge in [0.15, 0.2) is 5.82 Å². The fourth-order valence-electron chi connectivity index (χ4n) is 1.86. The van der Waals surface area contributed by atoms with Gasteiger partial charge in [0.25, 0.3) is 5.89 Å². The third-order valence-corrected chi connectivity index (χ3v) is 4.31. The van der Waals surface area contributed by atoms with Crippen LogP contribution in [0.15, 0.2) is 16.7 Å². The van der Waals surface area contributed by atoms with Crippen LogP contribution in [0.3, 0.4) is 0 Å². The smallest absolute Gasteiger partial charge is 0.250 e. The predicted octanol–water partition coefficient (Wildman–Crippen LogP) is 3.71. The molecule has 2 N–H and O–H groups in total. The zero-order valence-electron chi connectivity index (χ0n) is 10.0. The Hall–Kier alpha value is -0.880. The molecule has 0 atom stereocenters. The third kappa shape index (κ3) is 3.00. The van der Waals surface area contributed by atoms with Gasteiger partial charge in [0.05, 0.1) is 9.88 Å². The lowest BCUT2D eigenvalue weighted by molar-refractivity contribution is 0.229. The van der Waals surface area contributed by atoms with Crippen molar-refractivity contribution in [3.8, 4) is 0 Å². The van der Waals surface area contributed by atoms with E-state index in [1.165, 1.54) is 11.3 Å². The van der Waals surface area contributed by atoms with Crippen LogP contribution in [0.1, 0.15) is 35.9 Å². The van der Waals surface area contributed by atoms with Crippen LogP contribution in [0, 0.1) is 0 Å². The van der Waals surface area contributed by atoms with Crippen molar-refractivity contribution in [1.29, 1.82) is 0 Å². The molecule has 2 aromatic heterocycles. The van der Waals surface area contributed by atoms with E-state index in [4.69, 9.17) is 21.9 Å². The molecule has 0 aliphatic heterocycles. The van der Waals surface area contributed by atoms with Crippen molar-refractivity contribution >= 4 is 47.5 Å². The van der Waals surface area contributed by atoms with Crippen molar-refractivity contribution in [1.82, 2.24) is 10.1 Å². The average molecular weight is 318 g/mol. The molecule has 0 spiro atoms. The van der Waals surface area contributed by atoms with Gasteiger partial charge in [-0.3, -0.25) is 0 Å². The van der Waals surface area contributed by atoms with Gasteiger partial charge >= 0.3 is 0 Å². The highest BCUT2D eigenvalue weighted by molar-refractivity contribution is 7.17. The summed E-state index contributed by atoms with van der Waals surface area (Å²) in [5, 5.41) is 3.94. The maximum Gasteiger partial charge on any atom is 0.250 e. The quantitative estimate of drug-likeness (QED) is 0.937. The van der Waals surface area contributed by atoms with Crippen LogP contribution in [0.4, 0.5) is 0 Å². The molecule has 0 saturated heterocycles. The summed E-state index contributed by atoms with van der Waals surface area (Å²) in [6.45, 7) is 0. The fourth-order valence-corrected chi connectivity index (χ4v) is 2.82. The number of rotatable bonds is 3. The molecule has 1 aliphatic carbocycles. The summed E-state index contributed by atoms with van der Waals surface area (Å²) in [5.41, 5.74) is 5.75. The van der Waals surface area contributed by atoms with Crippen LogP contribution < -0.4 is 5.73 Å². The molecule has 0 radical (unpaired) electrons. The molecule has 0 amide bonds. The van der Waals surface area contributed by atoms with Crippen molar-refractivity contribution in [2.24, 2.45) is 5.73 Å². The molecular formula is C12H13Cl2N3OS. The maximum absolute atomic E-state index is 6.12. The van der Waals surface area contributed by atoms with E-state index in [9.17, 15) is 0 Å². The highest BCUT2D eigenvalue weighted by atomic mass is 35.5. The summed E-state index contributed by atoms with van der Waals surface area (Å²) >= 11 is 7.35. The molecule has 19 heavy (non-hydrogen) atoms. The molecule has 2 heterocycles. The van der Waals surface area contributed by atoms with Crippen LogP contribution >= 0.6 is 35.3 Å². The molecule has 4 nitrogen and oxygen atoms in total. The Morgan fingerprint density at radius 3 is 2.74 bits per heavy atom. The van der Waals surface area contributed by atoms with Crippen LogP contribution in [0.5, 0.6) is 0 Å². The number of hydrogen-bond donors (Lipinski definition) is 1. The number of halogens is 2. The van der Waals surface area contributed by atoms with Crippen molar-refractivity contribution in [2.75, 3.05) is 0 Å². The Balaban J connectivity index is 0.00000133. The standard InChI is InChI=1S/C12H12ClN3OS.ClH/c13-9-4-2-8(18-9)3-5-10-15-11(16-17-10)12(14)6-1-7-12;/h2-5H,1,6-7,14H2;1H/b5-3+;. The predicted molar refractivity (Wildman–Crippen MR) is 79.5 cm³/mol. The summed E-state index contributed by atoms with van der Waals surface area (Å²) in [5.74, 6) is 1.09. The molecule has 0 aromatic carbocycles. The lowest BCUT2D eigenvalue weighted by atomic mass is 9.77. The molecule has 2 aromatic rings. The van der Waals surface area contributed by atoms with E-state index in [-0.39, 0.29) is 17.9 Å². The minimum atomic E-state index is -0.373. The van der Waals surface area contributed by atoms with Gasteiger partial charge in [0.2, 0.25) is 0 Å². The summed E-state index contributed by atoms with van der Waals surface area (Å²) in [7, 11) is 0. The Labute approximate surface area is 126 Å². The topological polar surface area (TPSA) is 64.9 Å². The Morgan fingerprint density at radius 1 is 1.37 bits per heavy atom. The highest BCUT2D eigenvalue weighted by Gasteiger charge is 2.38. The van der Waals surface area contributed by atoms with Crippen LogP contribution in [-0.4, -0.2) is 10.1 Å². The van der Waals surface area contributed by atoms with Gasteiger partial charge in [-0.05, 0) is 37.5 Å². The monoisotopic (exact) mass is 317 g/mol. The van der Waals surface area contributed by atoms with Crippen molar-refractivity contribution in [3.05, 3.63) is 33.1 Å². The van der Waals surface area contributed by atoms with Crippen molar-refractivity contribution in [2.45, 2.75) is 24.8 Å². The first-order chi connectivity index (χ1) is 8.66. The largest absolute Gasteiger partial charge is 0.335 e. The van der Waals surface area contributed by atoms with Gasteiger partial charge < -0.3 is 10.3 Å². The summed E-state index contributed by atoms with van der Waals surface area (Å²) < 4.78 is 5.92. The van der Waals surface area contributed by atoms with E-state index in [0.29, 0.717) is 11.7 Å². The summed E-state index contributed by atoms with van der Waals surface area (Å²) in [6.07, 6.45) is 6.66. The van der Waals surface area contributed by atoms with Gasteiger partial charge in [0.1, 0.15) is 0 Å². The molecule has 1 fully saturated rings. The van der Waals surface area contributed by atoms with Gasteiger partial charge in [-0.15, -0.1) is 23.7 Å². The van der Waals surface area contributed by atoms with Gasteiger partial charge in [-0.2, -0.15) is 4.98 Å². The number of aromatic nitrogens is 2. The normalized spacial score (nSPS) is 17.2. The highest BCUT2D eigenvalue weighted by Crippen LogP contribution is 2.36. The molecule has 0 unspecified atom stereocenters. The van der Waals surface area contributed by atoms with E-state index in [2.05, 4.69) is 10.1 Å². The Kier molecular flexibility index (Phi) is 4.30. The minimum Gasteiger partial charge on any atom is -0.335 e. The zero-order valence-corrected chi connectivity index (χ0v) is 12.4. The molecule has 7 heteroatoms. The van der Waals surface area contributed by atoms with E-state index in [1.807, 2.05) is 18.2 Å². The summed E-state index contributed by atoms with van der Waals surface area (Å²) in [4.78, 5) is 5.36. The minimum absolute atomic E-state index is 0. The lowest BCUT2D eigenvalue weighted by Gasteiger charge is -2.34. The molecule has 0 bridgehead atoms. The second-order valence-corrected chi connectivity index (χ2v) is 6.19. The molecule has 1 aliphatic rings. The second kappa shape index (κ2) is 5.63. The second-order valence-electron chi connectivity index (χ2n) is 4.44. The van der Waals surface area contributed by atoms with Crippen molar-refractivity contribution in [3.63, 3.8) is 0 Å². The Bertz CT molecular complexity index is 589. The fraction of sp³-hybridized carbons (Fsp3) is 0.333. The maximum atomic E-state index is 6.12.